The zero-order valence-electron chi connectivity index (χ0n) is 10.1. The van der Waals surface area contributed by atoms with Crippen molar-refractivity contribution in [1.82, 2.24) is 4.90 Å². The molecule has 1 atom stereocenters. The molecule has 0 radical (unpaired) electrons. The third kappa shape index (κ3) is 2.00. The first-order chi connectivity index (χ1) is 7.76. The fourth-order valence-corrected chi connectivity index (χ4v) is 2.43. The third-order valence-electron chi connectivity index (χ3n) is 3.30. The van der Waals surface area contributed by atoms with Gasteiger partial charge >= 0.3 is 0 Å². The van der Waals surface area contributed by atoms with Crippen molar-refractivity contribution >= 4 is 5.69 Å². The lowest BCUT2D eigenvalue weighted by molar-refractivity contribution is 0.152. The minimum absolute atomic E-state index is 0.486. The van der Waals surface area contributed by atoms with Gasteiger partial charge in [-0.05, 0) is 19.2 Å². The van der Waals surface area contributed by atoms with Crippen molar-refractivity contribution in [3.8, 4) is 5.75 Å². The van der Waals surface area contributed by atoms with Gasteiger partial charge in [-0.2, -0.15) is 0 Å². The smallest absolute Gasteiger partial charge is 0.126 e. The molecule has 88 valence electrons. The number of nitrogen functional groups attached to an aromatic ring is 1. The SMILES string of the molecule is CCN(CC)C1CCOc2cc(N)ccc21. The van der Waals surface area contributed by atoms with Crippen LogP contribution in [0.15, 0.2) is 18.2 Å². The van der Waals surface area contributed by atoms with E-state index in [2.05, 4.69) is 24.8 Å². The second-order valence-electron chi connectivity index (χ2n) is 4.17. The van der Waals surface area contributed by atoms with Crippen LogP contribution in [0.3, 0.4) is 0 Å². The summed E-state index contributed by atoms with van der Waals surface area (Å²) in [4.78, 5) is 2.47. The fourth-order valence-electron chi connectivity index (χ4n) is 2.43. The van der Waals surface area contributed by atoms with Gasteiger partial charge in [-0.15, -0.1) is 0 Å². The van der Waals surface area contributed by atoms with E-state index in [9.17, 15) is 0 Å². The van der Waals surface area contributed by atoms with Gasteiger partial charge in [0.05, 0.1) is 6.61 Å². The quantitative estimate of drug-likeness (QED) is 0.795. The maximum absolute atomic E-state index is 5.77. The van der Waals surface area contributed by atoms with E-state index in [4.69, 9.17) is 10.5 Å². The molecule has 2 rings (SSSR count). The minimum atomic E-state index is 0.486. The van der Waals surface area contributed by atoms with Crippen LogP contribution in [0.4, 0.5) is 5.69 Å². The van der Waals surface area contributed by atoms with E-state index in [-0.39, 0.29) is 0 Å². The first-order valence-electron chi connectivity index (χ1n) is 6.02. The molecular formula is C13H20N2O. The van der Waals surface area contributed by atoms with E-state index in [1.165, 1.54) is 5.56 Å². The van der Waals surface area contributed by atoms with Gasteiger partial charge in [-0.1, -0.05) is 19.9 Å². The first kappa shape index (κ1) is 11.3. The summed E-state index contributed by atoms with van der Waals surface area (Å²) in [7, 11) is 0. The number of benzene rings is 1. The van der Waals surface area contributed by atoms with Crippen molar-refractivity contribution in [1.29, 1.82) is 0 Å². The molecule has 1 unspecified atom stereocenters. The highest BCUT2D eigenvalue weighted by Crippen LogP contribution is 2.36. The predicted molar refractivity (Wildman–Crippen MR) is 66.6 cm³/mol. The van der Waals surface area contributed by atoms with Crippen LogP contribution < -0.4 is 10.5 Å². The Labute approximate surface area is 97.2 Å². The Morgan fingerprint density at radius 2 is 2.12 bits per heavy atom. The number of hydrogen-bond donors (Lipinski definition) is 1. The van der Waals surface area contributed by atoms with Gasteiger partial charge in [0.1, 0.15) is 5.75 Å². The number of rotatable bonds is 3. The summed E-state index contributed by atoms with van der Waals surface area (Å²) in [5, 5.41) is 0. The summed E-state index contributed by atoms with van der Waals surface area (Å²) in [5.41, 5.74) is 7.83. The maximum atomic E-state index is 5.77. The van der Waals surface area contributed by atoms with Crippen LogP contribution in [0.2, 0.25) is 0 Å². The van der Waals surface area contributed by atoms with Crippen LogP contribution in [0.1, 0.15) is 31.9 Å². The Kier molecular flexibility index (Phi) is 3.34. The van der Waals surface area contributed by atoms with Crippen molar-refractivity contribution in [2.45, 2.75) is 26.3 Å². The summed E-state index contributed by atoms with van der Waals surface area (Å²) in [6.45, 7) is 7.35. The number of nitrogens with zero attached hydrogens (tertiary/aromatic N) is 1. The Balaban J connectivity index is 2.32. The average Bonchev–Trinajstić information content (AvgIpc) is 2.30. The highest BCUT2D eigenvalue weighted by Gasteiger charge is 2.25. The standard InChI is InChI=1S/C13H20N2O/c1-3-15(4-2)12-7-8-16-13-9-10(14)5-6-11(12)13/h5-6,9,12H,3-4,7-8,14H2,1-2H3. The molecule has 0 saturated carbocycles. The Morgan fingerprint density at radius 3 is 2.81 bits per heavy atom. The molecule has 0 saturated heterocycles. The van der Waals surface area contributed by atoms with Crippen molar-refractivity contribution in [3.05, 3.63) is 23.8 Å². The highest BCUT2D eigenvalue weighted by molar-refractivity contribution is 5.50. The molecule has 1 aliphatic heterocycles. The number of hydrogen-bond acceptors (Lipinski definition) is 3. The Hall–Kier alpha value is -1.22. The van der Waals surface area contributed by atoms with Crippen LogP contribution in [0.25, 0.3) is 0 Å². The van der Waals surface area contributed by atoms with Crippen molar-refractivity contribution < 1.29 is 4.74 Å². The van der Waals surface area contributed by atoms with Crippen LogP contribution in [-0.4, -0.2) is 24.6 Å². The van der Waals surface area contributed by atoms with Gasteiger partial charge in [0.2, 0.25) is 0 Å². The molecule has 3 heteroatoms. The van der Waals surface area contributed by atoms with Gasteiger partial charge in [0.25, 0.3) is 0 Å². The van der Waals surface area contributed by atoms with E-state index in [1.54, 1.807) is 0 Å². The first-order valence-corrected chi connectivity index (χ1v) is 6.02. The van der Waals surface area contributed by atoms with Gasteiger partial charge in [-0.3, -0.25) is 4.90 Å². The van der Waals surface area contributed by atoms with E-state index < -0.39 is 0 Å². The second kappa shape index (κ2) is 4.74. The van der Waals surface area contributed by atoms with Crippen LogP contribution in [-0.2, 0) is 0 Å². The van der Waals surface area contributed by atoms with Gasteiger partial charge in [0.15, 0.2) is 0 Å². The topological polar surface area (TPSA) is 38.5 Å². The normalized spacial score (nSPS) is 19.3. The molecule has 0 aromatic heterocycles. The van der Waals surface area contributed by atoms with Crippen LogP contribution >= 0.6 is 0 Å². The third-order valence-corrected chi connectivity index (χ3v) is 3.30. The van der Waals surface area contributed by atoms with E-state index in [1.807, 2.05) is 12.1 Å². The lowest BCUT2D eigenvalue weighted by Gasteiger charge is -2.34. The van der Waals surface area contributed by atoms with Crippen molar-refractivity contribution in [2.24, 2.45) is 0 Å². The Bertz CT molecular complexity index is 361. The van der Waals surface area contributed by atoms with Crippen molar-refractivity contribution in [2.75, 3.05) is 25.4 Å². The molecule has 0 spiro atoms. The molecule has 1 heterocycles. The van der Waals surface area contributed by atoms with E-state index >= 15 is 0 Å². The molecule has 3 nitrogen and oxygen atoms in total. The number of anilines is 1. The zero-order valence-corrected chi connectivity index (χ0v) is 10.1. The molecular weight excluding hydrogens is 200 g/mol. The molecule has 0 fully saturated rings. The molecule has 0 aliphatic carbocycles. The highest BCUT2D eigenvalue weighted by atomic mass is 16.5. The molecule has 0 amide bonds. The number of ether oxygens (including phenoxy) is 1. The summed E-state index contributed by atoms with van der Waals surface area (Å²) < 4.78 is 5.67. The largest absolute Gasteiger partial charge is 0.493 e. The molecule has 0 bridgehead atoms. The van der Waals surface area contributed by atoms with E-state index in [0.29, 0.717) is 6.04 Å². The maximum Gasteiger partial charge on any atom is 0.126 e. The van der Waals surface area contributed by atoms with Crippen molar-refractivity contribution in [3.63, 3.8) is 0 Å². The fraction of sp³-hybridized carbons (Fsp3) is 0.538. The van der Waals surface area contributed by atoms with Gasteiger partial charge in [0, 0.05) is 29.8 Å². The summed E-state index contributed by atoms with van der Waals surface area (Å²) in [5.74, 6) is 0.961. The zero-order chi connectivity index (χ0) is 11.5. The van der Waals surface area contributed by atoms with Gasteiger partial charge in [-0.25, -0.2) is 0 Å². The van der Waals surface area contributed by atoms with Crippen LogP contribution in [0.5, 0.6) is 5.75 Å². The number of fused-ring (bicyclic) bond motifs is 1. The predicted octanol–water partition coefficient (Wildman–Crippen LogP) is 2.43. The van der Waals surface area contributed by atoms with E-state index in [0.717, 1.165) is 37.6 Å². The monoisotopic (exact) mass is 220 g/mol. The Morgan fingerprint density at radius 1 is 1.38 bits per heavy atom. The van der Waals surface area contributed by atoms with Crippen LogP contribution in [0, 0.1) is 0 Å². The second-order valence-corrected chi connectivity index (χ2v) is 4.17. The summed E-state index contributed by atoms with van der Waals surface area (Å²) in [6.07, 6.45) is 1.07. The molecule has 1 aromatic rings. The molecule has 1 aliphatic rings. The summed E-state index contributed by atoms with van der Waals surface area (Å²) >= 11 is 0. The average molecular weight is 220 g/mol. The lowest BCUT2D eigenvalue weighted by atomic mass is 9.98. The minimum Gasteiger partial charge on any atom is -0.493 e. The molecule has 1 aromatic carbocycles. The summed E-state index contributed by atoms with van der Waals surface area (Å²) in [6, 6.07) is 6.49. The number of nitrogens with two attached hydrogens (primary N) is 1. The van der Waals surface area contributed by atoms with Gasteiger partial charge < -0.3 is 10.5 Å². The lowest BCUT2D eigenvalue weighted by Crippen LogP contribution is -2.32. The molecule has 2 N–H and O–H groups in total. The molecule has 16 heavy (non-hydrogen) atoms.